The Kier molecular flexibility index (Phi) is 5.91. The van der Waals surface area contributed by atoms with E-state index in [1.54, 1.807) is 24.3 Å². The van der Waals surface area contributed by atoms with Gasteiger partial charge < -0.3 is 19.9 Å². The highest BCUT2D eigenvalue weighted by Crippen LogP contribution is 2.30. The van der Waals surface area contributed by atoms with E-state index in [1.807, 2.05) is 12.1 Å². The van der Waals surface area contributed by atoms with Gasteiger partial charge in [0, 0.05) is 37.4 Å². The lowest BCUT2D eigenvalue weighted by Crippen LogP contribution is -2.44. The number of rotatable bonds is 4. The highest BCUT2D eigenvalue weighted by molar-refractivity contribution is 6.34. The maximum atomic E-state index is 12.4. The van der Waals surface area contributed by atoms with Crippen molar-refractivity contribution in [2.24, 2.45) is 0 Å². The summed E-state index contributed by atoms with van der Waals surface area (Å²) in [6.45, 7) is 3.89. The number of carbonyl (C=O) groups is 1. The topological polar surface area (TPSA) is 44.8 Å². The third-order valence-corrected chi connectivity index (χ3v) is 5.06. The molecule has 3 rings (SSSR count). The van der Waals surface area contributed by atoms with Crippen molar-refractivity contribution in [2.75, 3.05) is 50.6 Å². The fourth-order valence-corrected chi connectivity index (χ4v) is 3.46. The maximum absolute atomic E-state index is 12.4. The van der Waals surface area contributed by atoms with Crippen LogP contribution in [0.15, 0.2) is 36.4 Å². The number of benzene rings is 2. The molecule has 0 bridgehead atoms. The van der Waals surface area contributed by atoms with Crippen molar-refractivity contribution in [3.8, 4) is 5.75 Å². The fourth-order valence-electron chi connectivity index (χ4n) is 2.90. The first kappa shape index (κ1) is 18.8. The lowest BCUT2D eigenvalue weighted by atomic mass is 10.2. The molecule has 1 saturated heterocycles. The molecule has 0 aliphatic carbocycles. The predicted octanol–water partition coefficient (Wildman–Crippen LogP) is 4.01. The summed E-state index contributed by atoms with van der Waals surface area (Å²) in [5.74, 6) is 0.278. The van der Waals surface area contributed by atoms with Gasteiger partial charge in [0.2, 0.25) is 0 Å². The van der Waals surface area contributed by atoms with Crippen molar-refractivity contribution in [2.45, 2.75) is 0 Å². The number of ether oxygens (including phenoxy) is 1. The number of likely N-dealkylation sites (N-methyl/N-ethyl adjacent to an activating group) is 1. The van der Waals surface area contributed by atoms with E-state index in [-0.39, 0.29) is 5.91 Å². The minimum Gasteiger partial charge on any atom is -0.495 e. The van der Waals surface area contributed by atoms with Crippen LogP contribution in [0.1, 0.15) is 10.4 Å². The fraction of sp³-hybridized carbons (Fsp3) is 0.316. The molecule has 1 aliphatic heterocycles. The van der Waals surface area contributed by atoms with Gasteiger partial charge >= 0.3 is 0 Å². The molecule has 2 aromatic rings. The summed E-state index contributed by atoms with van der Waals surface area (Å²) in [5, 5.41) is 3.87. The second-order valence-corrected chi connectivity index (χ2v) is 7.07. The van der Waals surface area contributed by atoms with Crippen LogP contribution in [0.2, 0.25) is 10.0 Å². The molecule has 138 valence electrons. The molecule has 0 spiro atoms. The molecule has 1 heterocycles. The number of nitrogens with one attached hydrogen (secondary N) is 1. The molecule has 0 radical (unpaired) electrons. The van der Waals surface area contributed by atoms with Crippen molar-refractivity contribution in [3.05, 3.63) is 52.0 Å². The van der Waals surface area contributed by atoms with E-state index >= 15 is 0 Å². The van der Waals surface area contributed by atoms with Crippen LogP contribution in [-0.2, 0) is 0 Å². The van der Waals surface area contributed by atoms with Gasteiger partial charge in [-0.3, -0.25) is 4.79 Å². The number of methoxy groups -OCH3 is 1. The van der Waals surface area contributed by atoms with E-state index in [4.69, 9.17) is 27.9 Å². The second-order valence-electron chi connectivity index (χ2n) is 6.26. The van der Waals surface area contributed by atoms with E-state index in [0.29, 0.717) is 27.0 Å². The van der Waals surface area contributed by atoms with Gasteiger partial charge in [-0.2, -0.15) is 0 Å². The average molecular weight is 394 g/mol. The molecule has 0 unspecified atom stereocenters. The lowest BCUT2D eigenvalue weighted by molar-refractivity contribution is 0.102. The summed E-state index contributed by atoms with van der Waals surface area (Å²) in [7, 11) is 3.65. The van der Waals surface area contributed by atoms with Crippen LogP contribution in [0.25, 0.3) is 0 Å². The molecule has 7 heteroatoms. The highest BCUT2D eigenvalue weighted by Gasteiger charge is 2.17. The first-order chi connectivity index (χ1) is 12.5. The summed E-state index contributed by atoms with van der Waals surface area (Å²) >= 11 is 12.5. The van der Waals surface area contributed by atoms with Crippen molar-refractivity contribution < 1.29 is 9.53 Å². The Morgan fingerprint density at radius 2 is 1.77 bits per heavy atom. The third-order valence-electron chi connectivity index (χ3n) is 4.46. The molecular weight excluding hydrogens is 373 g/mol. The minimum absolute atomic E-state index is 0.252. The summed E-state index contributed by atoms with van der Waals surface area (Å²) in [6.07, 6.45) is 0. The molecule has 1 amide bonds. The number of anilines is 2. The quantitative estimate of drug-likeness (QED) is 0.852. The van der Waals surface area contributed by atoms with Gasteiger partial charge in [-0.05, 0) is 43.4 Å². The zero-order chi connectivity index (χ0) is 18.7. The number of hydrogen-bond donors (Lipinski definition) is 1. The number of halogens is 2. The van der Waals surface area contributed by atoms with Crippen LogP contribution in [-0.4, -0.2) is 51.1 Å². The van der Waals surface area contributed by atoms with Crippen LogP contribution in [0, 0.1) is 0 Å². The number of hydrogen-bond acceptors (Lipinski definition) is 4. The van der Waals surface area contributed by atoms with Crippen LogP contribution in [0.5, 0.6) is 5.75 Å². The summed E-state index contributed by atoms with van der Waals surface area (Å²) in [5.41, 5.74) is 2.09. The average Bonchev–Trinajstić information content (AvgIpc) is 2.63. The van der Waals surface area contributed by atoms with Gasteiger partial charge in [-0.15, -0.1) is 0 Å². The van der Waals surface area contributed by atoms with E-state index in [0.717, 1.165) is 31.9 Å². The molecule has 0 saturated carbocycles. The zero-order valence-corrected chi connectivity index (χ0v) is 16.3. The molecule has 26 heavy (non-hydrogen) atoms. The number of piperazine rings is 1. The van der Waals surface area contributed by atoms with Crippen molar-refractivity contribution in [1.82, 2.24) is 4.90 Å². The van der Waals surface area contributed by atoms with E-state index < -0.39 is 0 Å². The molecule has 0 aromatic heterocycles. The van der Waals surface area contributed by atoms with E-state index in [2.05, 4.69) is 22.2 Å². The monoisotopic (exact) mass is 393 g/mol. The summed E-state index contributed by atoms with van der Waals surface area (Å²) < 4.78 is 5.10. The normalized spacial score (nSPS) is 15.0. The van der Waals surface area contributed by atoms with Gasteiger partial charge in [0.15, 0.2) is 0 Å². The Balaban J connectivity index is 1.71. The Hall–Kier alpha value is -1.95. The lowest BCUT2D eigenvalue weighted by Gasteiger charge is -2.34. The van der Waals surface area contributed by atoms with Crippen LogP contribution in [0.3, 0.4) is 0 Å². The standard InChI is InChI=1S/C19H21Cl2N3O2/c1-23-7-9-24(10-8-23)17-5-4-14(12-15(17)20)22-19(25)13-3-6-18(26-2)16(21)11-13/h3-6,11-12H,7-10H2,1-2H3,(H,22,25). The van der Waals surface area contributed by atoms with Crippen LogP contribution < -0.4 is 15.0 Å². The SMILES string of the molecule is COc1ccc(C(=O)Nc2ccc(N3CCN(C)CC3)c(Cl)c2)cc1Cl. The summed E-state index contributed by atoms with van der Waals surface area (Å²) in [4.78, 5) is 17.0. The zero-order valence-electron chi connectivity index (χ0n) is 14.8. The minimum atomic E-state index is -0.252. The summed E-state index contributed by atoms with van der Waals surface area (Å²) in [6, 6.07) is 10.5. The third kappa shape index (κ3) is 4.23. The smallest absolute Gasteiger partial charge is 0.255 e. The van der Waals surface area contributed by atoms with Gasteiger partial charge in [0.25, 0.3) is 5.91 Å². The number of nitrogens with zero attached hydrogens (tertiary/aromatic N) is 2. The molecule has 1 fully saturated rings. The maximum Gasteiger partial charge on any atom is 0.255 e. The van der Waals surface area contributed by atoms with Gasteiger partial charge in [-0.1, -0.05) is 23.2 Å². The van der Waals surface area contributed by atoms with E-state index in [1.165, 1.54) is 7.11 Å². The Morgan fingerprint density at radius 1 is 1.04 bits per heavy atom. The number of amides is 1. The van der Waals surface area contributed by atoms with Crippen LogP contribution in [0.4, 0.5) is 11.4 Å². The first-order valence-corrected chi connectivity index (χ1v) is 9.11. The Bertz CT molecular complexity index is 805. The van der Waals surface area contributed by atoms with E-state index in [9.17, 15) is 4.79 Å². The second kappa shape index (κ2) is 8.16. The Morgan fingerprint density at radius 3 is 2.38 bits per heavy atom. The van der Waals surface area contributed by atoms with Gasteiger partial charge in [-0.25, -0.2) is 0 Å². The molecule has 1 aliphatic rings. The van der Waals surface area contributed by atoms with Crippen molar-refractivity contribution in [3.63, 3.8) is 0 Å². The Labute approximate surface area is 163 Å². The van der Waals surface area contributed by atoms with Gasteiger partial charge in [0.1, 0.15) is 5.75 Å². The largest absolute Gasteiger partial charge is 0.495 e. The van der Waals surface area contributed by atoms with Gasteiger partial charge in [0.05, 0.1) is 22.8 Å². The number of carbonyl (C=O) groups excluding carboxylic acids is 1. The molecule has 0 atom stereocenters. The first-order valence-electron chi connectivity index (χ1n) is 8.36. The highest BCUT2D eigenvalue weighted by atomic mass is 35.5. The predicted molar refractivity (Wildman–Crippen MR) is 107 cm³/mol. The molecular formula is C19H21Cl2N3O2. The molecule has 1 N–H and O–H groups in total. The van der Waals surface area contributed by atoms with Crippen LogP contribution >= 0.6 is 23.2 Å². The molecule has 2 aromatic carbocycles. The molecule has 5 nitrogen and oxygen atoms in total. The van der Waals surface area contributed by atoms with Crippen molar-refractivity contribution in [1.29, 1.82) is 0 Å². The van der Waals surface area contributed by atoms with Crippen molar-refractivity contribution >= 4 is 40.5 Å².